The molecule has 2 aliphatic rings. The Hall–Kier alpha value is -0.120. The van der Waals surface area contributed by atoms with E-state index in [0.717, 1.165) is 26.1 Å². The molecule has 0 aromatic carbocycles. The Balaban J connectivity index is 2.04. The molecule has 0 aliphatic carbocycles. The van der Waals surface area contributed by atoms with Crippen LogP contribution in [0.3, 0.4) is 0 Å². The van der Waals surface area contributed by atoms with Gasteiger partial charge in [-0.1, -0.05) is 13.8 Å². The molecular weight excluding hydrogens is 212 g/mol. The van der Waals surface area contributed by atoms with Gasteiger partial charge in [-0.3, -0.25) is 4.90 Å². The van der Waals surface area contributed by atoms with Crippen molar-refractivity contribution in [2.24, 2.45) is 5.41 Å². The third-order valence-electron chi connectivity index (χ3n) is 5.27. The molecule has 0 saturated carbocycles. The van der Waals surface area contributed by atoms with Crippen LogP contribution in [0, 0.1) is 5.41 Å². The van der Waals surface area contributed by atoms with E-state index in [9.17, 15) is 5.11 Å². The van der Waals surface area contributed by atoms with Gasteiger partial charge in [0.15, 0.2) is 0 Å². The van der Waals surface area contributed by atoms with Crippen molar-refractivity contribution in [2.45, 2.75) is 58.1 Å². The highest BCUT2D eigenvalue weighted by atomic mass is 16.3. The van der Waals surface area contributed by atoms with E-state index in [1.165, 1.54) is 25.8 Å². The zero-order valence-corrected chi connectivity index (χ0v) is 11.6. The topological polar surface area (TPSA) is 35.5 Å². The fourth-order valence-corrected chi connectivity index (χ4v) is 3.55. The van der Waals surface area contributed by atoms with E-state index in [1.807, 2.05) is 6.92 Å². The molecule has 0 spiro atoms. The highest BCUT2D eigenvalue weighted by Gasteiger charge is 2.44. The van der Waals surface area contributed by atoms with Gasteiger partial charge in [0.05, 0.1) is 11.6 Å². The maximum absolute atomic E-state index is 10.5. The van der Waals surface area contributed by atoms with Crippen LogP contribution in [0.5, 0.6) is 0 Å². The number of rotatable bonds is 3. The van der Waals surface area contributed by atoms with Crippen molar-refractivity contribution in [3.8, 4) is 0 Å². The third-order valence-corrected chi connectivity index (χ3v) is 5.27. The minimum atomic E-state index is -0.511. The summed E-state index contributed by atoms with van der Waals surface area (Å²) in [6.45, 7) is 10.8. The number of nitrogens with one attached hydrogen (secondary N) is 1. The van der Waals surface area contributed by atoms with Crippen LogP contribution in [0.2, 0.25) is 0 Å². The standard InChI is InChI=1S/C14H28N2O/c1-4-14(5-2)7-9-16(11-14)12-10-15-8-6-13(12,3)17/h12,15,17H,4-11H2,1-3H3. The van der Waals surface area contributed by atoms with Crippen LogP contribution >= 0.6 is 0 Å². The summed E-state index contributed by atoms with van der Waals surface area (Å²) in [5, 5.41) is 14.0. The third kappa shape index (κ3) is 2.51. The van der Waals surface area contributed by atoms with Gasteiger partial charge in [-0.25, -0.2) is 0 Å². The molecule has 0 amide bonds. The van der Waals surface area contributed by atoms with E-state index in [1.54, 1.807) is 0 Å². The minimum absolute atomic E-state index is 0.302. The molecule has 3 nitrogen and oxygen atoms in total. The molecule has 17 heavy (non-hydrogen) atoms. The first-order valence-corrected chi connectivity index (χ1v) is 7.20. The second kappa shape index (κ2) is 4.87. The second-order valence-electron chi connectivity index (χ2n) is 6.25. The quantitative estimate of drug-likeness (QED) is 0.787. The summed E-state index contributed by atoms with van der Waals surface area (Å²) < 4.78 is 0. The van der Waals surface area contributed by atoms with Gasteiger partial charge in [0.2, 0.25) is 0 Å². The predicted molar refractivity (Wildman–Crippen MR) is 71.1 cm³/mol. The number of nitrogens with zero attached hydrogens (tertiary/aromatic N) is 1. The minimum Gasteiger partial charge on any atom is -0.388 e. The van der Waals surface area contributed by atoms with Crippen molar-refractivity contribution in [3.05, 3.63) is 0 Å². The van der Waals surface area contributed by atoms with E-state index >= 15 is 0 Å². The normalized spacial score (nSPS) is 38.5. The first-order valence-electron chi connectivity index (χ1n) is 7.20. The van der Waals surface area contributed by atoms with Gasteiger partial charge in [-0.15, -0.1) is 0 Å². The van der Waals surface area contributed by atoms with E-state index < -0.39 is 5.60 Å². The van der Waals surface area contributed by atoms with Crippen LogP contribution in [-0.4, -0.2) is 47.8 Å². The summed E-state index contributed by atoms with van der Waals surface area (Å²) in [5.41, 5.74) is -0.00363. The van der Waals surface area contributed by atoms with Crippen molar-refractivity contribution < 1.29 is 5.11 Å². The zero-order chi connectivity index (χ0) is 12.5. The van der Waals surface area contributed by atoms with Crippen molar-refractivity contribution in [1.29, 1.82) is 0 Å². The number of hydrogen-bond donors (Lipinski definition) is 2. The average Bonchev–Trinajstić information content (AvgIpc) is 2.73. The Kier molecular flexibility index (Phi) is 3.81. The van der Waals surface area contributed by atoms with Gasteiger partial charge in [0.1, 0.15) is 0 Å². The Bertz CT molecular complexity index is 261. The Morgan fingerprint density at radius 1 is 1.29 bits per heavy atom. The fraction of sp³-hybridized carbons (Fsp3) is 1.00. The molecule has 2 saturated heterocycles. The lowest BCUT2D eigenvalue weighted by Crippen LogP contribution is -2.59. The van der Waals surface area contributed by atoms with Crippen molar-refractivity contribution in [2.75, 3.05) is 26.2 Å². The van der Waals surface area contributed by atoms with Gasteiger partial charge in [0.25, 0.3) is 0 Å². The van der Waals surface area contributed by atoms with Crippen molar-refractivity contribution >= 4 is 0 Å². The van der Waals surface area contributed by atoms with E-state index in [2.05, 4.69) is 24.1 Å². The number of hydrogen-bond acceptors (Lipinski definition) is 3. The molecule has 3 heteroatoms. The Morgan fingerprint density at radius 2 is 2.00 bits per heavy atom. The predicted octanol–water partition coefficient (Wildman–Crippen LogP) is 1.61. The van der Waals surface area contributed by atoms with Crippen LogP contribution in [0.25, 0.3) is 0 Å². The maximum Gasteiger partial charge on any atom is 0.0798 e. The molecular formula is C14H28N2O. The molecule has 2 unspecified atom stereocenters. The monoisotopic (exact) mass is 240 g/mol. The molecule has 2 fully saturated rings. The molecule has 0 aromatic rings. The van der Waals surface area contributed by atoms with Crippen LogP contribution in [0.1, 0.15) is 46.5 Å². The molecule has 2 rings (SSSR count). The molecule has 2 N–H and O–H groups in total. The molecule has 100 valence electrons. The zero-order valence-electron chi connectivity index (χ0n) is 11.6. The SMILES string of the molecule is CCC1(CC)CCN(C2CNCCC2(C)O)C1. The summed E-state index contributed by atoms with van der Waals surface area (Å²) in [6, 6.07) is 0.302. The fourth-order valence-electron chi connectivity index (χ4n) is 3.55. The van der Waals surface area contributed by atoms with Gasteiger partial charge in [0, 0.05) is 13.1 Å². The first kappa shape index (κ1) is 13.3. The average molecular weight is 240 g/mol. The summed E-state index contributed by atoms with van der Waals surface area (Å²) in [7, 11) is 0. The first-order chi connectivity index (χ1) is 8.03. The molecule has 2 atom stereocenters. The van der Waals surface area contributed by atoms with Crippen LogP contribution in [0.4, 0.5) is 0 Å². The number of likely N-dealkylation sites (tertiary alicyclic amines) is 1. The molecule has 2 heterocycles. The lowest BCUT2D eigenvalue weighted by Gasteiger charge is -2.43. The lowest BCUT2D eigenvalue weighted by atomic mass is 9.81. The van der Waals surface area contributed by atoms with Gasteiger partial charge in [-0.2, -0.15) is 0 Å². The van der Waals surface area contributed by atoms with E-state index in [0.29, 0.717) is 11.5 Å². The summed E-state index contributed by atoms with van der Waals surface area (Å²) in [5.74, 6) is 0. The van der Waals surface area contributed by atoms with Crippen LogP contribution < -0.4 is 5.32 Å². The number of aliphatic hydroxyl groups is 1. The molecule has 2 aliphatic heterocycles. The lowest BCUT2D eigenvalue weighted by molar-refractivity contribution is -0.0490. The molecule has 0 bridgehead atoms. The smallest absolute Gasteiger partial charge is 0.0798 e. The summed E-state index contributed by atoms with van der Waals surface area (Å²) in [4.78, 5) is 2.53. The Labute approximate surface area is 106 Å². The van der Waals surface area contributed by atoms with E-state index in [4.69, 9.17) is 0 Å². The number of piperidine rings is 1. The van der Waals surface area contributed by atoms with Crippen molar-refractivity contribution in [3.63, 3.8) is 0 Å². The molecule has 0 aromatic heterocycles. The van der Waals surface area contributed by atoms with Crippen molar-refractivity contribution in [1.82, 2.24) is 10.2 Å². The highest BCUT2D eigenvalue weighted by Crippen LogP contribution is 2.39. The van der Waals surface area contributed by atoms with Gasteiger partial charge < -0.3 is 10.4 Å². The van der Waals surface area contributed by atoms with E-state index in [-0.39, 0.29) is 0 Å². The Morgan fingerprint density at radius 3 is 2.53 bits per heavy atom. The second-order valence-corrected chi connectivity index (χ2v) is 6.25. The van der Waals surface area contributed by atoms with Crippen LogP contribution in [-0.2, 0) is 0 Å². The van der Waals surface area contributed by atoms with Gasteiger partial charge >= 0.3 is 0 Å². The maximum atomic E-state index is 10.5. The van der Waals surface area contributed by atoms with Gasteiger partial charge in [-0.05, 0) is 51.1 Å². The highest BCUT2D eigenvalue weighted by molar-refractivity contribution is 5.00. The summed E-state index contributed by atoms with van der Waals surface area (Å²) in [6.07, 6.45) is 4.70. The summed E-state index contributed by atoms with van der Waals surface area (Å²) >= 11 is 0. The largest absolute Gasteiger partial charge is 0.388 e. The molecule has 0 radical (unpaired) electrons. The van der Waals surface area contributed by atoms with Crippen LogP contribution in [0.15, 0.2) is 0 Å².